The quantitative estimate of drug-likeness (QED) is 0.753. The molecule has 4 amide bonds. The molecule has 152 valence electrons. The van der Waals surface area contributed by atoms with Crippen LogP contribution in [0.2, 0.25) is 5.02 Å². The zero-order valence-corrected chi connectivity index (χ0v) is 16.7. The Morgan fingerprint density at radius 1 is 1.18 bits per heavy atom. The lowest BCUT2D eigenvalue weighted by atomic mass is 9.95. The number of hydrogen-bond donors (Lipinski definition) is 1. The maximum Gasteiger partial charge on any atom is 0.328 e. The first-order valence-corrected chi connectivity index (χ1v) is 9.58. The van der Waals surface area contributed by atoms with Crippen molar-refractivity contribution in [2.75, 3.05) is 38.8 Å². The lowest BCUT2D eigenvalue weighted by Crippen LogP contribution is -2.49. The molecule has 0 atom stereocenters. The van der Waals surface area contributed by atoms with Crippen LogP contribution in [0.15, 0.2) is 18.2 Å². The summed E-state index contributed by atoms with van der Waals surface area (Å²) in [4.78, 5) is 39.6. The third kappa shape index (κ3) is 4.29. The highest BCUT2D eigenvalue weighted by atomic mass is 35.5. The van der Waals surface area contributed by atoms with Gasteiger partial charge in [-0.15, -0.1) is 0 Å². The molecule has 2 heterocycles. The van der Waals surface area contributed by atoms with E-state index in [0.717, 1.165) is 12.8 Å². The summed E-state index contributed by atoms with van der Waals surface area (Å²) in [6.45, 7) is 1.43. The topological polar surface area (TPSA) is 88.2 Å². The standard InChI is InChI=1S/C19H24ClN3O5/c1-27-18(28-2)12-5-8-22(9-6-12)17(25)13-3-4-14(20)15(11-13)23-10-7-16(24)21-19(23)26/h3-4,11-12,18H,5-10H2,1-2H3,(H,21,24,26). The van der Waals surface area contributed by atoms with Crippen LogP contribution in [0.4, 0.5) is 10.5 Å². The number of benzene rings is 1. The van der Waals surface area contributed by atoms with Gasteiger partial charge in [0.1, 0.15) is 0 Å². The number of hydrogen-bond acceptors (Lipinski definition) is 5. The van der Waals surface area contributed by atoms with Crippen LogP contribution in [0.1, 0.15) is 29.6 Å². The Morgan fingerprint density at radius 2 is 1.86 bits per heavy atom. The van der Waals surface area contributed by atoms with E-state index < -0.39 is 6.03 Å². The van der Waals surface area contributed by atoms with Crippen LogP contribution in [0, 0.1) is 5.92 Å². The molecular weight excluding hydrogens is 386 g/mol. The number of carbonyl (C=O) groups excluding carboxylic acids is 3. The van der Waals surface area contributed by atoms with Crippen molar-refractivity contribution in [3.63, 3.8) is 0 Å². The van der Waals surface area contributed by atoms with Gasteiger partial charge in [-0.3, -0.25) is 19.8 Å². The summed E-state index contributed by atoms with van der Waals surface area (Å²) in [5.41, 5.74) is 0.879. The summed E-state index contributed by atoms with van der Waals surface area (Å²) >= 11 is 6.25. The van der Waals surface area contributed by atoms with Crippen LogP contribution in [-0.2, 0) is 14.3 Å². The number of urea groups is 1. The average molecular weight is 410 g/mol. The number of imide groups is 1. The SMILES string of the molecule is COC(OC)C1CCN(C(=O)c2ccc(Cl)c(N3CCC(=O)NC3=O)c2)CC1. The summed E-state index contributed by atoms with van der Waals surface area (Å²) < 4.78 is 10.7. The number of rotatable bonds is 5. The van der Waals surface area contributed by atoms with Crippen LogP contribution in [0.25, 0.3) is 0 Å². The number of amides is 4. The highest BCUT2D eigenvalue weighted by Crippen LogP contribution is 2.30. The van der Waals surface area contributed by atoms with Crippen LogP contribution in [0.3, 0.4) is 0 Å². The van der Waals surface area contributed by atoms with Crippen molar-refractivity contribution < 1.29 is 23.9 Å². The van der Waals surface area contributed by atoms with Gasteiger partial charge < -0.3 is 14.4 Å². The Bertz CT molecular complexity index is 760. The molecule has 0 spiro atoms. The van der Waals surface area contributed by atoms with E-state index in [1.54, 1.807) is 37.3 Å². The second-order valence-electron chi connectivity index (χ2n) is 6.89. The van der Waals surface area contributed by atoms with Crippen molar-refractivity contribution in [2.45, 2.75) is 25.6 Å². The highest BCUT2D eigenvalue weighted by molar-refractivity contribution is 6.34. The summed E-state index contributed by atoms with van der Waals surface area (Å²) in [5.74, 6) is -0.191. The fourth-order valence-corrected chi connectivity index (χ4v) is 3.90. The molecule has 1 aromatic rings. The van der Waals surface area contributed by atoms with Crippen LogP contribution in [0.5, 0.6) is 0 Å². The molecule has 3 rings (SSSR count). The number of halogens is 1. The fourth-order valence-electron chi connectivity index (χ4n) is 3.68. The maximum atomic E-state index is 12.9. The van der Waals surface area contributed by atoms with E-state index in [0.29, 0.717) is 29.4 Å². The molecule has 0 aliphatic carbocycles. The van der Waals surface area contributed by atoms with Gasteiger partial charge in [0.15, 0.2) is 6.29 Å². The van der Waals surface area contributed by atoms with Gasteiger partial charge in [0.2, 0.25) is 5.91 Å². The monoisotopic (exact) mass is 409 g/mol. The molecule has 2 saturated heterocycles. The molecule has 28 heavy (non-hydrogen) atoms. The number of nitrogens with one attached hydrogen (secondary N) is 1. The third-order valence-electron chi connectivity index (χ3n) is 5.21. The summed E-state index contributed by atoms with van der Waals surface area (Å²) in [6, 6.07) is 4.33. The second kappa shape index (κ2) is 8.89. The molecule has 2 aliphatic rings. The van der Waals surface area contributed by atoms with Crippen molar-refractivity contribution in [1.29, 1.82) is 0 Å². The van der Waals surface area contributed by atoms with Crippen molar-refractivity contribution in [3.05, 3.63) is 28.8 Å². The van der Waals surface area contributed by atoms with Gasteiger partial charge in [-0.1, -0.05) is 11.6 Å². The summed E-state index contributed by atoms with van der Waals surface area (Å²) in [5, 5.41) is 2.61. The van der Waals surface area contributed by atoms with Crippen molar-refractivity contribution in [1.82, 2.24) is 10.2 Å². The first-order valence-electron chi connectivity index (χ1n) is 9.20. The van der Waals surface area contributed by atoms with Crippen LogP contribution in [-0.4, -0.2) is 62.9 Å². The molecule has 0 aromatic heterocycles. The molecular formula is C19H24ClN3O5. The summed E-state index contributed by atoms with van der Waals surface area (Å²) in [7, 11) is 3.23. The van der Waals surface area contributed by atoms with Gasteiger partial charge in [-0.05, 0) is 31.0 Å². The predicted molar refractivity (Wildman–Crippen MR) is 103 cm³/mol. The largest absolute Gasteiger partial charge is 0.356 e. The molecule has 2 fully saturated rings. The first-order chi connectivity index (χ1) is 13.4. The fraction of sp³-hybridized carbons (Fsp3) is 0.526. The number of carbonyl (C=O) groups is 3. The molecule has 0 radical (unpaired) electrons. The van der Waals surface area contributed by atoms with Crippen LogP contribution >= 0.6 is 11.6 Å². The van der Waals surface area contributed by atoms with E-state index in [2.05, 4.69) is 5.32 Å². The average Bonchev–Trinajstić information content (AvgIpc) is 2.70. The highest BCUT2D eigenvalue weighted by Gasteiger charge is 2.30. The molecule has 2 aliphatic heterocycles. The van der Waals surface area contributed by atoms with E-state index in [4.69, 9.17) is 21.1 Å². The maximum absolute atomic E-state index is 12.9. The zero-order valence-electron chi connectivity index (χ0n) is 15.9. The lowest BCUT2D eigenvalue weighted by molar-refractivity contribution is -0.145. The lowest BCUT2D eigenvalue weighted by Gasteiger charge is -2.35. The molecule has 0 saturated carbocycles. The summed E-state index contributed by atoms with van der Waals surface area (Å²) in [6.07, 6.45) is 1.50. The van der Waals surface area contributed by atoms with Crippen LogP contribution < -0.4 is 10.2 Å². The first kappa shape index (κ1) is 20.6. The molecule has 1 aromatic carbocycles. The van der Waals surface area contributed by atoms with Gasteiger partial charge in [-0.25, -0.2) is 4.79 Å². The van der Waals surface area contributed by atoms with Crippen molar-refractivity contribution in [2.24, 2.45) is 5.92 Å². The van der Waals surface area contributed by atoms with E-state index in [-0.39, 0.29) is 37.0 Å². The van der Waals surface area contributed by atoms with E-state index in [9.17, 15) is 14.4 Å². The molecule has 9 heteroatoms. The van der Waals surface area contributed by atoms with E-state index in [1.807, 2.05) is 0 Å². The molecule has 1 N–H and O–H groups in total. The minimum absolute atomic E-state index is 0.115. The van der Waals surface area contributed by atoms with Gasteiger partial charge in [0, 0.05) is 51.8 Å². The third-order valence-corrected chi connectivity index (χ3v) is 5.53. The van der Waals surface area contributed by atoms with Gasteiger partial charge in [-0.2, -0.15) is 0 Å². The Kier molecular flexibility index (Phi) is 6.53. The minimum atomic E-state index is -0.534. The van der Waals surface area contributed by atoms with E-state index in [1.165, 1.54) is 4.90 Å². The predicted octanol–water partition coefficient (Wildman–Crippen LogP) is 2.26. The van der Waals surface area contributed by atoms with E-state index >= 15 is 0 Å². The smallest absolute Gasteiger partial charge is 0.328 e. The molecule has 0 bridgehead atoms. The second-order valence-corrected chi connectivity index (χ2v) is 7.30. The number of nitrogens with zero attached hydrogens (tertiary/aromatic N) is 2. The Balaban J connectivity index is 1.71. The van der Waals surface area contributed by atoms with Crippen molar-refractivity contribution in [3.8, 4) is 0 Å². The number of anilines is 1. The number of ether oxygens (including phenoxy) is 2. The Labute approximate surface area is 168 Å². The van der Waals surface area contributed by atoms with Gasteiger partial charge >= 0.3 is 6.03 Å². The number of piperidine rings is 1. The number of methoxy groups -OCH3 is 2. The molecule has 0 unspecified atom stereocenters. The Morgan fingerprint density at radius 3 is 2.46 bits per heavy atom. The molecule has 8 nitrogen and oxygen atoms in total. The normalized spacial score (nSPS) is 18.6. The number of likely N-dealkylation sites (tertiary alicyclic amines) is 1. The van der Waals surface area contributed by atoms with Gasteiger partial charge in [0.05, 0.1) is 10.7 Å². The van der Waals surface area contributed by atoms with Crippen molar-refractivity contribution >= 4 is 35.1 Å². The Hall–Kier alpha value is -2.16. The minimum Gasteiger partial charge on any atom is -0.356 e. The van der Waals surface area contributed by atoms with Gasteiger partial charge in [0.25, 0.3) is 5.91 Å². The zero-order chi connectivity index (χ0) is 20.3.